The molecule has 0 spiro atoms. The fourth-order valence-electron chi connectivity index (χ4n) is 1.03. The van der Waals surface area contributed by atoms with Crippen molar-refractivity contribution in [3.05, 3.63) is 27.5 Å². The minimum Gasteiger partial charge on any atom is -0.465 e. The predicted octanol–water partition coefficient (Wildman–Crippen LogP) is 1.96. The number of rotatable bonds is 2. The largest absolute Gasteiger partial charge is 0.465 e. The summed E-state index contributed by atoms with van der Waals surface area (Å²) in [7, 11) is 2.31. The van der Waals surface area contributed by atoms with E-state index in [1.807, 2.05) is 0 Å². The smallest absolute Gasteiger partial charge is 0.357 e. The van der Waals surface area contributed by atoms with Crippen LogP contribution in [0.4, 0.5) is 0 Å². The SMILES string of the molecule is COC(=O)c1nc(Cl)cc(Cl)c1C(=O)OC. The highest BCUT2D eigenvalue weighted by Gasteiger charge is 2.24. The van der Waals surface area contributed by atoms with Crippen LogP contribution in [0, 0.1) is 0 Å². The van der Waals surface area contributed by atoms with E-state index in [1.165, 1.54) is 6.07 Å². The molecule has 0 bridgehead atoms. The first-order valence-electron chi connectivity index (χ1n) is 4.04. The summed E-state index contributed by atoms with van der Waals surface area (Å²) in [4.78, 5) is 26.4. The Bertz CT molecular complexity index is 447. The van der Waals surface area contributed by atoms with E-state index in [1.54, 1.807) is 0 Å². The molecular weight excluding hydrogens is 257 g/mol. The summed E-state index contributed by atoms with van der Waals surface area (Å²) in [5.41, 5.74) is -0.438. The van der Waals surface area contributed by atoms with Gasteiger partial charge < -0.3 is 9.47 Å². The van der Waals surface area contributed by atoms with E-state index in [0.29, 0.717) is 0 Å². The number of halogens is 2. The van der Waals surface area contributed by atoms with Gasteiger partial charge in [-0.05, 0) is 6.07 Å². The van der Waals surface area contributed by atoms with Gasteiger partial charge in [0.2, 0.25) is 0 Å². The second-order valence-corrected chi connectivity index (χ2v) is 3.43. The van der Waals surface area contributed by atoms with Crippen molar-refractivity contribution < 1.29 is 19.1 Å². The van der Waals surface area contributed by atoms with E-state index in [9.17, 15) is 9.59 Å². The van der Waals surface area contributed by atoms with Crippen LogP contribution in [-0.2, 0) is 9.47 Å². The van der Waals surface area contributed by atoms with Crippen LogP contribution in [0.3, 0.4) is 0 Å². The molecule has 0 aliphatic carbocycles. The van der Waals surface area contributed by atoms with E-state index < -0.39 is 11.9 Å². The summed E-state index contributed by atoms with van der Waals surface area (Å²) in [6.07, 6.45) is 0. The number of hydrogen-bond donors (Lipinski definition) is 0. The van der Waals surface area contributed by atoms with Gasteiger partial charge in [-0.2, -0.15) is 0 Å². The van der Waals surface area contributed by atoms with Gasteiger partial charge in [-0.3, -0.25) is 0 Å². The highest BCUT2D eigenvalue weighted by atomic mass is 35.5. The Kier molecular flexibility index (Phi) is 4.09. The maximum absolute atomic E-state index is 11.4. The summed E-state index contributed by atoms with van der Waals surface area (Å²) >= 11 is 11.4. The summed E-state index contributed by atoms with van der Waals surface area (Å²) in [5, 5.41) is -0.0368. The van der Waals surface area contributed by atoms with Crippen molar-refractivity contribution in [3.63, 3.8) is 0 Å². The molecule has 0 saturated carbocycles. The quantitative estimate of drug-likeness (QED) is 0.603. The number of pyridine rings is 1. The lowest BCUT2D eigenvalue weighted by Crippen LogP contribution is -2.14. The molecule has 1 rings (SSSR count). The number of nitrogens with zero attached hydrogens (tertiary/aromatic N) is 1. The Balaban J connectivity index is 3.44. The molecule has 1 aromatic rings. The van der Waals surface area contributed by atoms with Crippen LogP contribution >= 0.6 is 23.2 Å². The van der Waals surface area contributed by atoms with Crippen LogP contribution in [-0.4, -0.2) is 31.1 Å². The molecule has 0 fully saturated rings. The average molecular weight is 264 g/mol. The number of esters is 2. The molecule has 1 aromatic heterocycles. The van der Waals surface area contributed by atoms with Crippen LogP contribution in [0.2, 0.25) is 10.2 Å². The molecule has 0 amide bonds. The van der Waals surface area contributed by atoms with E-state index in [-0.39, 0.29) is 21.4 Å². The van der Waals surface area contributed by atoms with Crippen molar-refractivity contribution in [1.82, 2.24) is 4.98 Å². The Morgan fingerprint density at radius 3 is 2.25 bits per heavy atom. The monoisotopic (exact) mass is 263 g/mol. The lowest BCUT2D eigenvalue weighted by molar-refractivity contribution is 0.0550. The molecule has 0 N–H and O–H groups in total. The van der Waals surface area contributed by atoms with Gasteiger partial charge in [-0.1, -0.05) is 23.2 Å². The summed E-state index contributed by atoms with van der Waals surface area (Å²) in [5.74, 6) is -1.60. The molecule has 16 heavy (non-hydrogen) atoms. The second-order valence-electron chi connectivity index (χ2n) is 2.63. The van der Waals surface area contributed by atoms with Gasteiger partial charge in [-0.25, -0.2) is 14.6 Å². The lowest BCUT2D eigenvalue weighted by atomic mass is 10.2. The molecule has 0 unspecified atom stereocenters. The number of hydrogen-bond acceptors (Lipinski definition) is 5. The van der Waals surface area contributed by atoms with Crippen LogP contribution < -0.4 is 0 Å². The van der Waals surface area contributed by atoms with Crippen molar-refractivity contribution in [2.45, 2.75) is 0 Å². The minimum absolute atomic E-state index is 0.0157. The summed E-state index contributed by atoms with van der Waals surface area (Å²) in [6, 6.07) is 1.24. The normalized spacial score (nSPS) is 9.75. The maximum atomic E-state index is 11.4. The molecule has 5 nitrogen and oxygen atoms in total. The van der Waals surface area contributed by atoms with E-state index in [2.05, 4.69) is 14.5 Å². The fraction of sp³-hybridized carbons (Fsp3) is 0.222. The zero-order valence-corrected chi connectivity index (χ0v) is 9.93. The van der Waals surface area contributed by atoms with Crippen molar-refractivity contribution in [2.24, 2.45) is 0 Å². The van der Waals surface area contributed by atoms with Crippen LogP contribution in [0.1, 0.15) is 20.8 Å². The molecule has 0 saturated heterocycles. The van der Waals surface area contributed by atoms with Gasteiger partial charge in [0, 0.05) is 0 Å². The Morgan fingerprint density at radius 2 is 1.75 bits per heavy atom. The molecular formula is C9H7Cl2NO4. The van der Waals surface area contributed by atoms with Crippen molar-refractivity contribution >= 4 is 35.1 Å². The molecule has 0 aliphatic rings. The summed E-state index contributed by atoms with van der Waals surface area (Å²) < 4.78 is 8.93. The number of carbonyl (C=O) groups excluding carboxylic acids is 2. The van der Waals surface area contributed by atoms with Gasteiger partial charge in [0.25, 0.3) is 0 Å². The van der Waals surface area contributed by atoms with Gasteiger partial charge in [-0.15, -0.1) is 0 Å². The Morgan fingerprint density at radius 1 is 1.19 bits per heavy atom. The third kappa shape index (κ3) is 2.43. The zero-order valence-electron chi connectivity index (χ0n) is 8.41. The molecule has 0 aromatic carbocycles. The van der Waals surface area contributed by atoms with Crippen molar-refractivity contribution in [2.75, 3.05) is 14.2 Å². The molecule has 0 aliphatic heterocycles. The number of carbonyl (C=O) groups is 2. The summed E-state index contributed by atoms with van der Waals surface area (Å²) in [6.45, 7) is 0. The van der Waals surface area contributed by atoms with Gasteiger partial charge in [0.1, 0.15) is 10.7 Å². The third-order valence-electron chi connectivity index (χ3n) is 1.71. The first kappa shape index (κ1) is 12.7. The van der Waals surface area contributed by atoms with Crippen LogP contribution in [0.15, 0.2) is 6.07 Å². The Labute approximate surface area is 101 Å². The zero-order chi connectivity index (χ0) is 12.3. The highest BCUT2D eigenvalue weighted by Crippen LogP contribution is 2.23. The molecule has 86 valence electrons. The maximum Gasteiger partial charge on any atom is 0.357 e. The standard InChI is InChI=1S/C9H7Cl2NO4/c1-15-8(13)6-4(10)3-5(11)12-7(6)9(14)16-2/h3H,1-2H3. The molecule has 1 heterocycles. The van der Waals surface area contributed by atoms with Crippen molar-refractivity contribution in [3.8, 4) is 0 Å². The van der Waals surface area contributed by atoms with E-state index in [0.717, 1.165) is 14.2 Å². The minimum atomic E-state index is -0.815. The molecule has 0 radical (unpaired) electrons. The van der Waals surface area contributed by atoms with E-state index >= 15 is 0 Å². The van der Waals surface area contributed by atoms with Crippen LogP contribution in [0.5, 0.6) is 0 Å². The van der Waals surface area contributed by atoms with E-state index in [4.69, 9.17) is 23.2 Å². The Hall–Kier alpha value is -1.33. The topological polar surface area (TPSA) is 65.5 Å². The molecule has 7 heteroatoms. The van der Waals surface area contributed by atoms with Gasteiger partial charge >= 0.3 is 11.9 Å². The fourth-order valence-corrected chi connectivity index (χ4v) is 1.54. The third-order valence-corrected chi connectivity index (χ3v) is 2.20. The van der Waals surface area contributed by atoms with Gasteiger partial charge in [0.15, 0.2) is 5.69 Å². The first-order chi connectivity index (χ1) is 7.51. The average Bonchev–Trinajstić information content (AvgIpc) is 2.26. The number of methoxy groups -OCH3 is 2. The molecule has 0 atom stereocenters. The first-order valence-corrected chi connectivity index (χ1v) is 4.79. The number of aromatic nitrogens is 1. The highest BCUT2D eigenvalue weighted by molar-refractivity contribution is 6.36. The van der Waals surface area contributed by atoms with Gasteiger partial charge in [0.05, 0.1) is 19.2 Å². The predicted molar refractivity (Wildman–Crippen MR) is 56.9 cm³/mol. The lowest BCUT2D eigenvalue weighted by Gasteiger charge is -2.07. The van der Waals surface area contributed by atoms with Crippen LogP contribution in [0.25, 0.3) is 0 Å². The van der Waals surface area contributed by atoms with Crippen molar-refractivity contribution in [1.29, 1.82) is 0 Å². The number of ether oxygens (including phenoxy) is 2. The second kappa shape index (κ2) is 5.14.